The van der Waals surface area contributed by atoms with Crippen LogP contribution >= 0.6 is 0 Å². The fourth-order valence-corrected chi connectivity index (χ4v) is 8.15. The second-order valence-electron chi connectivity index (χ2n) is 10.6. The molecule has 0 heterocycles. The number of fused-ring (bicyclic) bond motifs is 5. The quantitative estimate of drug-likeness (QED) is 0.731. The molecule has 152 valence electrons. The van der Waals surface area contributed by atoms with Crippen LogP contribution in [0.1, 0.15) is 85.5 Å². The fraction of sp³-hybridized carbons (Fsp3) is 0.913. The summed E-state index contributed by atoms with van der Waals surface area (Å²) in [6.45, 7) is 7.76. The maximum absolute atomic E-state index is 12.3. The topological polar surface area (TPSA) is 63.6 Å². The van der Waals surface area contributed by atoms with Gasteiger partial charge in [-0.1, -0.05) is 13.8 Å². The molecule has 4 rings (SSSR count). The summed E-state index contributed by atoms with van der Waals surface area (Å²) in [5, 5.41) is 11.2. The lowest BCUT2D eigenvalue weighted by atomic mass is 9.44. The Morgan fingerprint density at radius 2 is 1.63 bits per heavy atom. The van der Waals surface area contributed by atoms with Gasteiger partial charge < -0.3 is 9.84 Å². The minimum atomic E-state index is -1.12. The van der Waals surface area contributed by atoms with Crippen molar-refractivity contribution in [1.29, 1.82) is 0 Å². The van der Waals surface area contributed by atoms with Crippen LogP contribution in [0.3, 0.4) is 0 Å². The monoisotopic (exact) mass is 376 g/mol. The van der Waals surface area contributed by atoms with Crippen molar-refractivity contribution in [2.75, 3.05) is 0 Å². The van der Waals surface area contributed by atoms with Crippen LogP contribution in [0.15, 0.2) is 0 Å². The number of ether oxygens (including phenoxy) is 1. The Labute approximate surface area is 163 Å². The number of hydrogen-bond donors (Lipinski definition) is 1. The molecule has 4 aliphatic carbocycles. The zero-order valence-electron chi connectivity index (χ0n) is 17.4. The van der Waals surface area contributed by atoms with Crippen molar-refractivity contribution in [1.82, 2.24) is 0 Å². The first-order chi connectivity index (χ1) is 12.6. The van der Waals surface area contributed by atoms with E-state index >= 15 is 0 Å². The van der Waals surface area contributed by atoms with Crippen molar-refractivity contribution in [3.05, 3.63) is 0 Å². The van der Waals surface area contributed by atoms with Gasteiger partial charge >= 0.3 is 5.97 Å². The van der Waals surface area contributed by atoms with Gasteiger partial charge in [0.25, 0.3) is 0 Å². The molecule has 0 amide bonds. The second kappa shape index (κ2) is 6.30. The van der Waals surface area contributed by atoms with Gasteiger partial charge in [0.1, 0.15) is 11.7 Å². The summed E-state index contributed by atoms with van der Waals surface area (Å²) in [7, 11) is 0. The third-order valence-electron chi connectivity index (χ3n) is 9.68. The number of carbonyl (C=O) groups excluding carboxylic acids is 2. The van der Waals surface area contributed by atoms with E-state index in [9.17, 15) is 14.7 Å². The van der Waals surface area contributed by atoms with Crippen LogP contribution in [-0.2, 0) is 14.3 Å². The molecule has 4 fully saturated rings. The van der Waals surface area contributed by atoms with Crippen molar-refractivity contribution in [3.63, 3.8) is 0 Å². The fourth-order valence-electron chi connectivity index (χ4n) is 8.15. The van der Waals surface area contributed by atoms with E-state index in [0.717, 1.165) is 38.5 Å². The Kier molecular flexibility index (Phi) is 4.53. The second-order valence-corrected chi connectivity index (χ2v) is 10.6. The van der Waals surface area contributed by atoms with E-state index in [1.165, 1.54) is 19.8 Å². The predicted molar refractivity (Wildman–Crippen MR) is 103 cm³/mol. The third-order valence-corrected chi connectivity index (χ3v) is 9.68. The Morgan fingerprint density at radius 3 is 2.30 bits per heavy atom. The van der Waals surface area contributed by atoms with Gasteiger partial charge in [0.05, 0.1) is 0 Å². The highest BCUT2D eigenvalue weighted by atomic mass is 16.5. The van der Waals surface area contributed by atoms with Gasteiger partial charge in [-0.3, -0.25) is 9.59 Å². The van der Waals surface area contributed by atoms with E-state index in [-0.39, 0.29) is 23.3 Å². The first-order valence-corrected chi connectivity index (χ1v) is 11.0. The molecule has 0 spiro atoms. The lowest BCUT2D eigenvalue weighted by Gasteiger charge is -2.61. The van der Waals surface area contributed by atoms with E-state index in [1.54, 1.807) is 6.92 Å². The van der Waals surface area contributed by atoms with Crippen LogP contribution in [0.2, 0.25) is 0 Å². The highest BCUT2D eigenvalue weighted by Gasteiger charge is 2.66. The number of carbonyl (C=O) groups is 2. The van der Waals surface area contributed by atoms with E-state index in [0.29, 0.717) is 35.5 Å². The zero-order chi connectivity index (χ0) is 19.6. The molecule has 0 unspecified atom stereocenters. The Balaban J connectivity index is 1.56. The van der Waals surface area contributed by atoms with Gasteiger partial charge in [-0.2, -0.15) is 0 Å². The summed E-state index contributed by atoms with van der Waals surface area (Å²) in [6, 6.07) is 0. The molecular formula is C23H36O4. The summed E-state index contributed by atoms with van der Waals surface area (Å²) < 4.78 is 5.55. The third kappa shape index (κ3) is 2.65. The van der Waals surface area contributed by atoms with Crippen molar-refractivity contribution in [2.45, 2.75) is 97.2 Å². The predicted octanol–water partition coefficient (Wildman–Crippen LogP) is 4.28. The van der Waals surface area contributed by atoms with Crippen LogP contribution in [0, 0.1) is 34.5 Å². The molecule has 4 saturated carbocycles. The molecule has 0 saturated heterocycles. The molecule has 1 N–H and O–H groups in total. The van der Waals surface area contributed by atoms with E-state index in [4.69, 9.17) is 4.74 Å². The molecule has 0 aliphatic heterocycles. The number of rotatable bonds is 2. The molecule has 4 nitrogen and oxygen atoms in total. The molecule has 8 atom stereocenters. The highest BCUT2D eigenvalue weighted by molar-refractivity contribution is 5.86. The maximum atomic E-state index is 12.3. The zero-order valence-corrected chi connectivity index (χ0v) is 17.4. The molecule has 0 bridgehead atoms. The van der Waals surface area contributed by atoms with Crippen LogP contribution < -0.4 is 0 Å². The SMILES string of the molecule is CC(=O)O[C@@H]1CC[C@]2(C)[C@H](CC[C@H]3[C@H]4CC[C@](O)(C(C)=O)[C@@]4(C)CC[C@@H]32)C1. The van der Waals surface area contributed by atoms with E-state index in [2.05, 4.69) is 13.8 Å². The summed E-state index contributed by atoms with van der Waals surface area (Å²) in [4.78, 5) is 23.7. The van der Waals surface area contributed by atoms with Gasteiger partial charge in [-0.05, 0) is 93.8 Å². The minimum absolute atomic E-state index is 0.0345. The maximum Gasteiger partial charge on any atom is 0.302 e. The highest BCUT2D eigenvalue weighted by Crippen LogP contribution is 2.68. The normalized spacial score (nSPS) is 51.7. The molecule has 4 aliphatic rings. The lowest BCUT2D eigenvalue weighted by molar-refractivity contribution is -0.175. The molecule has 0 aromatic carbocycles. The van der Waals surface area contributed by atoms with Gasteiger partial charge in [0.15, 0.2) is 5.78 Å². The van der Waals surface area contributed by atoms with Crippen LogP contribution in [0.5, 0.6) is 0 Å². The minimum Gasteiger partial charge on any atom is -0.463 e. The van der Waals surface area contributed by atoms with E-state index < -0.39 is 5.60 Å². The van der Waals surface area contributed by atoms with Crippen molar-refractivity contribution in [3.8, 4) is 0 Å². The standard InChI is InChI=1S/C23H36O4/c1-14(24)23(26)12-9-20-18-6-5-16-13-17(27-15(2)25)7-10-21(16,3)19(18)8-11-22(20,23)4/h16-20,26H,5-13H2,1-4H3/t16-,17-,18-,19+,20-,21-,22+,23+/m1/s1. The average molecular weight is 377 g/mol. The number of aliphatic hydroxyl groups is 1. The molecule has 4 heteroatoms. The number of ketones is 1. The molecule has 0 radical (unpaired) electrons. The van der Waals surface area contributed by atoms with Gasteiger partial charge in [-0.15, -0.1) is 0 Å². The molecule has 0 aromatic rings. The first kappa shape index (κ1) is 19.4. The van der Waals surface area contributed by atoms with Gasteiger partial charge in [0.2, 0.25) is 0 Å². The number of hydrogen-bond acceptors (Lipinski definition) is 4. The number of Topliss-reactive ketones (excluding diaryl/α,β-unsaturated/α-hetero) is 1. The van der Waals surface area contributed by atoms with Gasteiger partial charge in [-0.25, -0.2) is 0 Å². The Bertz CT molecular complexity index is 644. The Morgan fingerprint density at radius 1 is 0.926 bits per heavy atom. The van der Waals surface area contributed by atoms with Crippen molar-refractivity contribution < 1.29 is 19.4 Å². The van der Waals surface area contributed by atoms with Crippen molar-refractivity contribution >= 4 is 11.8 Å². The summed E-state index contributed by atoms with van der Waals surface area (Å²) in [6.07, 6.45) is 9.34. The molecule has 0 aromatic heterocycles. The lowest BCUT2D eigenvalue weighted by Crippen LogP contribution is -2.58. The largest absolute Gasteiger partial charge is 0.463 e. The number of esters is 1. The van der Waals surface area contributed by atoms with E-state index in [1.807, 2.05) is 0 Å². The first-order valence-electron chi connectivity index (χ1n) is 11.0. The summed E-state index contributed by atoms with van der Waals surface area (Å²) in [5.74, 6) is 2.22. The Hall–Kier alpha value is -0.900. The average Bonchev–Trinajstić information content (AvgIpc) is 2.87. The van der Waals surface area contributed by atoms with Crippen LogP contribution in [0.4, 0.5) is 0 Å². The van der Waals surface area contributed by atoms with Crippen LogP contribution in [0.25, 0.3) is 0 Å². The molecule has 27 heavy (non-hydrogen) atoms. The molecular weight excluding hydrogens is 340 g/mol. The van der Waals surface area contributed by atoms with Crippen LogP contribution in [-0.4, -0.2) is 28.6 Å². The smallest absolute Gasteiger partial charge is 0.302 e. The summed E-state index contributed by atoms with van der Waals surface area (Å²) >= 11 is 0. The van der Waals surface area contributed by atoms with Gasteiger partial charge in [0, 0.05) is 12.3 Å². The van der Waals surface area contributed by atoms with Crippen molar-refractivity contribution in [2.24, 2.45) is 34.5 Å². The summed E-state index contributed by atoms with van der Waals surface area (Å²) in [5.41, 5.74) is -1.05.